The fraction of sp³-hybridized carbons (Fsp3) is 0.409. The summed E-state index contributed by atoms with van der Waals surface area (Å²) in [4.78, 5) is 12.5. The first kappa shape index (κ1) is 20.6. The number of benzene rings is 2. The molecule has 3 rings (SSSR count). The predicted molar refractivity (Wildman–Crippen MR) is 111 cm³/mol. The van der Waals surface area contributed by atoms with E-state index in [2.05, 4.69) is 23.5 Å². The van der Waals surface area contributed by atoms with Crippen molar-refractivity contribution in [1.82, 2.24) is 9.62 Å². The van der Waals surface area contributed by atoms with E-state index in [4.69, 9.17) is 0 Å². The number of sulfonamides is 1. The molecule has 1 aliphatic rings. The molecule has 0 aliphatic heterocycles. The summed E-state index contributed by atoms with van der Waals surface area (Å²) in [5.74, 6) is -0.300. The van der Waals surface area contributed by atoms with Gasteiger partial charge in [0.2, 0.25) is 15.9 Å². The van der Waals surface area contributed by atoms with E-state index in [1.54, 1.807) is 0 Å². The molecule has 0 fully saturated rings. The molecule has 0 radical (unpaired) electrons. The topological polar surface area (TPSA) is 66.5 Å². The van der Waals surface area contributed by atoms with Gasteiger partial charge in [-0.05, 0) is 55.4 Å². The molecule has 2 aromatic rings. The molecule has 1 N–H and O–H groups in total. The standard InChI is InChI=1S/C22H28N2O3S/c1-16-7-9-18(10-8-16)14-24(28(3,26)27)15-22(25)23-17(2)20-12-11-19-5-4-6-21(19)13-20/h7-13,17H,4-6,14-15H2,1-3H3,(H,23,25)/t17-/m0/s1. The van der Waals surface area contributed by atoms with Crippen LogP contribution < -0.4 is 5.32 Å². The Morgan fingerprint density at radius 2 is 1.79 bits per heavy atom. The minimum Gasteiger partial charge on any atom is -0.348 e. The average Bonchev–Trinajstić information content (AvgIpc) is 3.09. The first-order valence-electron chi connectivity index (χ1n) is 9.64. The van der Waals surface area contributed by atoms with Crippen LogP contribution >= 0.6 is 0 Å². The lowest BCUT2D eigenvalue weighted by Crippen LogP contribution is -2.40. The molecule has 0 unspecified atom stereocenters. The maximum atomic E-state index is 12.5. The lowest BCUT2D eigenvalue weighted by atomic mass is 10.0. The summed E-state index contributed by atoms with van der Waals surface area (Å²) >= 11 is 0. The molecule has 0 spiro atoms. The van der Waals surface area contributed by atoms with Crippen LogP contribution in [0.15, 0.2) is 42.5 Å². The smallest absolute Gasteiger partial charge is 0.235 e. The highest BCUT2D eigenvalue weighted by atomic mass is 32.2. The van der Waals surface area contributed by atoms with Gasteiger partial charge in [-0.25, -0.2) is 8.42 Å². The number of amides is 1. The Hall–Kier alpha value is -2.18. The van der Waals surface area contributed by atoms with Gasteiger partial charge in [0.15, 0.2) is 0 Å². The molecule has 5 nitrogen and oxygen atoms in total. The molecule has 150 valence electrons. The van der Waals surface area contributed by atoms with Crippen LogP contribution in [-0.4, -0.2) is 31.4 Å². The molecule has 1 aliphatic carbocycles. The highest BCUT2D eigenvalue weighted by molar-refractivity contribution is 7.88. The Morgan fingerprint density at radius 3 is 2.46 bits per heavy atom. The zero-order chi connectivity index (χ0) is 20.3. The minimum atomic E-state index is -3.50. The van der Waals surface area contributed by atoms with Crippen molar-refractivity contribution in [1.29, 1.82) is 0 Å². The molecule has 0 heterocycles. The predicted octanol–water partition coefficient (Wildman–Crippen LogP) is 3.12. The monoisotopic (exact) mass is 400 g/mol. The third-order valence-electron chi connectivity index (χ3n) is 5.27. The van der Waals surface area contributed by atoms with Crippen LogP contribution in [0.5, 0.6) is 0 Å². The van der Waals surface area contributed by atoms with E-state index >= 15 is 0 Å². The fourth-order valence-corrected chi connectivity index (χ4v) is 4.31. The lowest BCUT2D eigenvalue weighted by molar-refractivity contribution is -0.122. The second-order valence-electron chi connectivity index (χ2n) is 7.69. The molecule has 2 aromatic carbocycles. The van der Waals surface area contributed by atoms with Crippen LogP contribution in [0.3, 0.4) is 0 Å². The summed E-state index contributed by atoms with van der Waals surface area (Å²) < 4.78 is 25.5. The van der Waals surface area contributed by atoms with Crippen LogP contribution in [-0.2, 0) is 34.2 Å². The average molecular weight is 401 g/mol. The molecular formula is C22H28N2O3S. The number of aryl methyl sites for hydroxylation is 3. The van der Waals surface area contributed by atoms with E-state index in [1.807, 2.05) is 38.1 Å². The van der Waals surface area contributed by atoms with Crippen molar-refractivity contribution in [3.8, 4) is 0 Å². The number of nitrogens with zero attached hydrogens (tertiary/aromatic N) is 1. The summed E-state index contributed by atoms with van der Waals surface area (Å²) in [7, 11) is -3.50. The van der Waals surface area contributed by atoms with E-state index in [0.29, 0.717) is 0 Å². The molecule has 1 atom stereocenters. The Bertz CT molecular complexity index is 952. The first-order valence-corrected chi connectivity index (χ1v) is 11.5. The second kappa shape index (κ2) is 8.45. The van der Waals surface area contributed by atoms with Gasteiger partial charge >= 0.3 is 0 Å². The van der Waals surface area contributed by atoms with Gasteiger partial charge in [0.1, 0.15) is 0 Å². The zero-order valence-electron chi connectivity index (χ0n) is 16.7. The highest BCUT2D eigenvalue weighted by Gasteiger charge is 2.22. The van der Waals surface area contributed by atoms with Crippen molar-refractivity contribution < 1.29 is 13.2 Å². The lowest BCUT2D eigenvalue weighted by Gasteiger charge is -2.22. The summed E-state index contributed by atoms with van der Waals surface area (Å²) in [5, 5.41) is 2.94. The Balaban J connectivity index is 1.65. The molecular weight excluding hydrogens is 372 g/mol. The SMILES string of the molecule is Cc1ccc(CN(CC(=O)N[C@@H](C)c2ccc3c(c2)CCC3)S(C)(=O)=O)cc1. The normalized spacial score (nSPS) is 14.7. The number of fused-ring (bicyclic) bond motifs is 1. The van der Waals surface area contributed by atoms with Gasteiger partial charge in [0, 0.05) is 6.54 Å². The number of hydrogen-bond acceptors (Lipinski definition) is 3. The summed E-state index contributed by atoms with van der Waals surface area (Å²) in [6, 6.07) is 13.8. The first-order chi connectivity index (χ1) is 13.2. The van der Waals surface area contributed by atoms with Gasteiger partial charge in [0.25, 0.3) is 0 Å². The van der Waals surface area contributed by atoms with Crippen molar-refractivity contribution in [3.05, 3.63) is 70.3 Å². The van der Waals surface area contributed by atoms with Crippen LogP contribution in [0.25, 0.3) is 0 Å². The molecule has 1 amide bonds. The number of carbonyl (C=O) groups excluding carboxylic acids is 1. The second-order valence-corrected chi connectivity index (χ2v) is 9.67. The molecule has 0 saturated heterocycles. The van der Waals surface area contributed by atoms with Gasteiger partial charge < -0.3 is 5.32 Å². The number of hydrogen-bond donors (Lipinski definition) is 1. The van der Waals surface area contributed by atoms with E-state index in [9.17, 15) is 13.2 Å². The van der Waals surface area contributed by atoms with Crippen molar-refractivity contribution in [3.63, 3.8) is 0 Å². The van der Waals surface area contributed by atoms with E-state index < -0.39 is 10.0 Å². The van der Waals surface area contributed by atoms with Gasteiger partial charge in [-0.1, -0.05) is 48.0 Å². The van der Waals surface area contributed by atoms with Gasteiger partial charge in [-0.3, -0.25) is 4.79 Å². The van der Waals surface area contributed by atoms with Gasteiger partial charge in [0.05, 0.1) is 18.8 Å². The Labute approximate surface area is 167 Å². The summed E-state index contributed by atoms with van der Waals surface area (Å²) in [6.45, 7) is 3.90. The van der Waals surface area contributed by atoms with Crippen molar-refractivity contribution >= 4 is 15.9 Å². The van der Waals surface area contributed by atoms with Gasteiger partial charge in [-0.15, -0.1) is 0 Å². The zero-order valence-corrected chi connectivity index (χ0v) is 17.6. The molecule has 0 aromatic heterocycles. The maximum Gasteiger partial charge on any atom is 0.235 e. The largest absolute Gasteiger partial charge is 0.348 e. The van der Waals surface area contributed by atoms with E-state index in [0.717, 1.165) is 35.8 Å². The quantitative estimate of drug-likeness (QED) is 0.777. The molecule has 6 heteroatoms. The molecule has 0 bridgehead atoms. The third kappa shape index (κ3) is 5.20. The number of rotatable bonds is 7. The number of carbonyl (C=O) groups is 1. The van der Waals surface area contributed by atoms with Crippen LogP contribution in [0.4, 0.5) is 0 Å². The van der Waals surface area contributed by atoms with Crippen LogP contribution in [0.2, 0.25) is 0 Å². The molecule has 28 heavy (non-hydrogen) atoms. The number of nitrogens with one attached hydrogen (secondary N) is 1. The maximum absolute atomic E-state index is 12.5. The van der Waals surface area contributed by atoms with Crippen molar-refractivity contribution in [2.45, 2.75) is 45.7 Å². The Morgan fingerprint density at radius 1 is 1.11 bits per heavy atom. The van der Waals surface area contributed by atoms with Crippen LogP contribution in [0.1, 0.15) is 47.2 Å². The summed E-state index contributed by atoms with van der Waals surface area (Å²) in [6.07, 6.45) is 4.53. The van der Waals surface area contributed by atoms with Gasteiger partial charge in [-0.2, -0.15) is 4.31 Å². The van der Waals surface area contributed by atoms with Crippen molar-refractivity contribution in [2.24, 2.45) is 0 Å². The minimum absolute atomic E-state index is 0.167. The Kier molecular flexibility index (Phi) is 6.20. The van der Waals surface area contributed by atoms with E-state index in [1.165, 1.54) is 21.9 Å². The van der Waals surface area contributed by atoms with E-state index in [-0.39, 0.29) is 25.0 Å². The fourth-order valence-electron chi connectivity index (χ4n) is 3.58. The van der Waals surface area contributed by atoms with Crippen LogP contribution in [0, 0.1) is 6.92 Å². The molecule has 0 saturated carbocycles. The van der Waals surface area contributed by atoms with Crippen molar-refractivity contribution in [2.75, 3.05) is 12.8 Å². The highest BCUT2D eigenvalue weighted by Crippen LogP contribution is 2.25. The summed E-state index contributed by atoms with van der Waals surface area (Å²) in [5.41, 5.74) is 5.77. The third-order valence-corrected chi connectivity index (χ3v) is 6.46.